The van der Waals surface area contributed by atoms with Crippen LogP contribution in [-0.2, 0) is 0 Å². The third-order valence-corrected chi connectivity index (χ3v) is 31.2. The maximum absolute atomic E-state index is 12.9. The van der Waals surface area contributed by atoms with Crippen LogP contribution in [0.15, 0.2) is 248 Å². The summed E-state index contributed by atoms with van der Waals surface area (Å²) in [4.78, 5) is 117. The number of nitrogens with zero attached hydrogens (tertiary/aromatic N) is 19. The maximum Gasteiger partial charge on any atom is 0.345 e. The van der Waals surface area contributed by atoms with Gasteiger partial charge in [-0.2, -0.15) is 0 Å². The smallest absolute Gasteiger partial charge is 0.345 e. The molecule has 28 rings (SSSR count). The first-order valence-electron chi connectivity index (χ1n) is 52.0. The molecule has 7 fully saturated rings. The van der Waals surface area contributed by atoms with Gasteiger partial charge in [0, 0.05) is 226 Å². The Kier molecular flexibility index (Phi) is 25.3. The van der Waals surface area contributed by atoms with Crippen molar-refractivity contribution < 1.29 is 27.2 Å². The second kappa shape index (κ2) is 39.4. The van der Waals surface area contributed by atoms with Crippen LogP contribution in [0.3, 0.4) is 0 Å². The number of benzene rings is 5. The molecular formula is C117H118N22O11. The van der Waals surface area contributed by atoms with Crippen molar-refractivity contribution in [3.8, 4) is 56.2 Å². The van der Waals surface area contributed by atoms with Crippen LogP contribution < -0.4 is 58.8 Å². The highest BCUT2D eigenvalue weighted by molar-refractivity contribution is 5.90. The molecular weight excluding hydrogens is 1890 g/mol. The third kappa shape index (κ3) is 19.0. The number of piperidine rings is 1. The maximum atomic E-state index is 12.9. The van der Waals surface area contributed by atoms with Crippen molar-refractivity contribution in [1.82, 2.24) is 92.6 Å². The van der Waals surface area contributed by atoms with Crippen LogP contribution in [-0.4, -0.2) is 205 Å². The van der Waals surface area contributed by atoms with E-state index in [2.05, 4.69) is 148 Å². The molecule has 33 heteroatoms. The van der Waals surface area contributed by atoms with E-state index in [4.69, 9.17) is 22.1 Å². The summed E-state index contributed by atoms with van der Waals surface area (Å²) in [6.07, 6.45) is 27.4. The number of piperazine rings is 1. The lowest BCUT2D eigenvalue weighted by molar-refractivity contribution is 0.214. The van der Waals surface area contributed by atoms with Gasteiger partial charge in [-0.05, 0) is 253 Å². The summed E-state index contributed by atoms with van der Waals surface area (Å²) in [6, 6.07) is 43.9. The molecule has 0 aliphatic carbocycles. The number of likely N-dealkylation sites (tertiary alicyclic amines) is 2. The number of hydrogen-bond donors (Lipinski definition) is 4. The van der Waals surface area contributed by atoms with Crippen LogP contribution in [0.25, 0.3) is 145 Å². The zero-order chi connectivity index (χ0) is 103. The molecule has 8 aliphatic heterocycles. The Bertz CT molecular complexity index is 9100. The summed E-state index contributed by atoms with van der Waals surface area (Å²) in [5.41, 5.74) is 25.8. The first-order chi connectivity index (χ1) is 72.6. The number of anilines is 3. The molecule has 2 unspecified atom stereocenters. The topological polar surface area (TPSA) is 362 Å². The van der Waals surface area contributed by atoms with Gasteiger partial charge in [-0.1, -0.05) is 30.3 Å². The van der Waals surface area contributed by atoms with E-state index in [-0.39, 0.29) is 34.7 Å². The molecule has 0 spiro atoms. The van der Waals surface area contributed by atoms with Gasteiger partial charge < -0.3 is 89.6 Å². The molecule has 8 aliphatic rings. The number of aliphatic hydroxyl groups excluding tert-OH is 1. The van der Waals surface area contributed by atoms with Crippen LogP contribution in [0.5, 0.6) is 0 Å². The minimum absolute atomic E-state index is 0.222. The lowest BCUT2D eigenvalue weighted by atomic mass is 9.90. The van der Waals surface area contributed by atoms with E-state index in [1.165, 1.54) is 30.6 Å². The number of aryl methyl sites for hydroxylation is 9. The van der Waals surface area contributed by atoms with Crippen LogP contribution in [0.4, 0.5) is 17.1 Å². The second-order valence-corrected chi connectivity index (χ2v) is 42.1. The van der Waals surface area contributed by atoms with Crippen molar-refractivity contribution in [2.24, 2.45) is 23.7 Å². The summed E-state index contributed by atoms with van der Waals surface area (Å²) in [7, 11) is 0. The number of nitrogens with one attached hydrogen (secondary N) is 3. The van der Waals surface area contributed by atoms with Gasteiger partial charge in [0.05, 0.1) is 120 Å². The Morgan fingerprint density at radius 1 is 0.393 bits per heavy atom. The molecule has 6 atom stereocenters. The van der Waals surface area contributed by atoms with E-state index in [0.29, 0.717) is 126 Å². The second-order valence-electron chi connectivity index (χ2n) is 42.1. The Hall–Kier alpha value is -15.8. The van der Waals surface area contributed by atoms with E-state index in [1.807, 2.05) is 237 Å². The van der Waals surface area contributed by atoms with Crippen LogP contribution in [0.2, 0.25) is 0 Å². The Morgan fingerprint density at radius 3 is 1.24 bits per heavy atom. The highest BCUT2D eigenvalue weighted by Gasteiger charge is 2.43. The minimum atomic E-state index is -0.386. The number of imidazole rings is 4. The van der Waals surface area contributed by atoms with Gasteiger partial charge in [0.1, 0.15) is 27.9 Å². The summed E-state index contributed by atoms with van der Waals surface area (Å²) < 4.78 is 38.3. The third-order valence-electron chi connectivity index (χ3n) is 31.2. The van der Waals surface area contributed by atoms with Crippen molar-refractivity contribution in [2.75, 3.05) is 119 Å². The van der Waals surface area contributed by atoms with E-state index in [9.17, 15) is 29.1 Å². The highest BCUT2D eigenvalue weighted by atomic mass is 16.4. The SMILES string of the molecule is Cc1cn2cc(-c3cc4ccc(C5=CCNCC5)cc4oc3=O)nc2c(C)n1.Cc1cn2cc(-c3cc4ccc(C5CCNCC5)cc4oc3=O)nc2c(C)n1.Cc1cn2cc(-c3cc4ccc(N5CC6CC5CN6)cc4oc3=O)cc2cn1.Cc1cn2cc(-c3cc4ccc(N5C[C@@H]6CN(C(C)C)C[C@@H]6C5)cc4oc3=O)nc2c(C)n1.Cc1cn2cc(-c3cc4ccc(N5C[C@H]6CN(CCO)C[C@H]6C5)cc4oc3=O)nc2c(C)n1. The molecule has 7 saturated heterocycles. The van der Waals surface area contributed by atoms with Crippen molar-refractivity contribution in [3.05, 3.63) is 316 Å². The average Bonchev–Trinajstić information content (AvgIpc) is 1.60. The van der Waals surface area contributed by atoms with Crippen molar-refractivity contribution in [2.45, 2.75) is 126 Å². The molecule has 0 amide bonds. The fraction of sp³-hybridized carbons (Fsp3) is 0.333. The van der Waals surface area contributed by atoms with Crippen LogP contribution in [0, 0.1) is 86.0 Å². The molecule has 33 nitrogen and oxygen atoms in total. The number of fused-ring (bicyclic) bond motifs is 14. The van der Waals surface area contributed by atoms with Crippen molar-refractivity contribution >= 4 is 106 Å². The molecule has 762 valence electrons. The normalized spacial score (nSPS) is 18.8. The lowest BCUT2D eigenvalue weighted by Crippen LogP contribution is -2.43. The molecule has 2 bridgehead atoms. The Labute approximate surface area is 861 Å². The van der Waals surface area contributed by atoms with Gasteiger partial charge in [0.15, 0.2) is 22.6 Å². The summed E-state index contributed by atoms with van der Waals surface area (Å²) in [6.45, 7) is 37.5. The zero-order valence-corrected chi connectivity index (χ0v) is 85.8. The molecule has 5 aromatic carbocycles. The van der Waals surface area contributed by atoms with Crippen LogP contribution >= 0.6 is 0 Å². The van der Waals surface area contributed by atoms with Gasteiger partial charge in [-0.25, -0.2) is 43.9 Å². The van der Waals surface area contributed by atoms with Gasteiger partial charge in [0.25, 0.3) is 0 Å². The molecule has 0 radical (unpaired) electrons. The van der Waals surface area contributed by atoms with Gasteiger partial charge in [-0.15, -0.1) is 0 Å². The first-order valence-corrected chi connectivity index (χ1v) is 52.0. The number of rotatable bonds is 13. The van der Waals surface area contributed by atoms with Crippen molar-refractivity contribution in [1.29, 1.82) is 0 Å². The predicted molar refractivity (Wildman–Crippen MR) is 584 cm³/mol. The fourth-order valence-corrected chi connectivity index (χ4v) is 23.7. The van der Waals surface area contributed by atoms with Crippen LogP contribution in [0.1, 0.15) is 108 Å². The molecule has 23 heterocycles. The fourth-order valence-electron chi connectivity index (χ4n) is 23.7. The number of β-amino-alcohol motifs (C(OH)–C–C–N with tert-alkyl or cyclic N) is 1. The molecule has 20 aromatic rings. The number of aliphatic hydroxyl groups is 1. The number of aromatic nitrogens is 14. The van der Waals surface area contributed by atoms with E-state index in [1.54, 1.807) is 0 Å². The van der Waals surface area contributed by atoms with E-state index < -0.39 is 0 Å². The largest absolute Gasteiger partial charge is 0.422 e. The molecule has 150 heavy (non-hydrogen) atoms. The summed E-state index contributed by atoms with van der Waals surface area (Å²) in [5.74, 6) is 3.20. The Balaban J connectivity index is 0.0000001000. The minimum Gasteiger partial charge on any atom is -0.422 e. The highest BCUT2D eigenvalue weighted by Crippen LogP contribution is 2.41. The standard InChI is InChI=1S/C26H29N5O2.C25H27N5O3.C22H20N4O2.C22H22N4O2.C22H20N4O2/c1-15(2)29-10-19-12-30(13-20(19)11-29)21-6-5-18-7-22(26(32)33-24(18)8-21)23-14-31-9-16(3)27-17(4)25(31)28-23;1-15-9-30-14-22(27-24(30)16(2)26-15)21-7-17-3-4-20(8-23(17)33-25(21)32)29-12-18-10-28(5-6-31)11-19(18)13-29;1-13-10-25-11-15(4-18(25)8-23-13)20-5-14-2-3-17(7-21(14)28-22(20)27)26-12-16-6-19(26)9-24-16;2*1-13-11-26-12-19(25-21(26)14(2)24-13)18-9-17-4-3-16(10-20(17)28-22(18)27)15-5-7-23-8-6-15/h5-9,14-15,19-20H,10-13H2,1-4H3;3-4,7-9,14,18-19,31H,5-6,10-13H2,1-2H3;2-5,7-8,10-11,16,19,24H,6,9,12H2,1H3;3-4,9-12,15,23H,5-8H2,1-2H3;3-5,9-12,23H,6-8H2,1-2H3/t19-,20+;18-,19+;;;. The van der Waals surface area contributed by atoms with Gasteiger partial charge in [-0.3, -0.25) is 24.9 Å². The Morgan fingerprint density at radius 2 is 0.807 bits per heavy atom. The predicted octanol–water partition coefficient (Wildman–Crippen LogP) is 16.4. The zero-order valence-electron chi connectivity index (χ0n) is 85.8. The van der Waals surface area contributed by atoms with Gasteiger partial charge in [0.2, 0.25) is 0 Å². The molecule has 0 saturated carbocycles. The monoisotopic (exact) mass is 2010 g/mol. The lowest BCUT2D eigenvalue weighted by Gasteiger charge is -2.29. The van der Waals surface area contributed by atoms with Crippen molar-refractivity contribution in [3.63, 3.8) is 0 Å². The van der Waals surface area contributed by atoms with E-state index >= 15 is 0 Å². The summed E-state index contributed by atoms with van der Waals surface area (Å²) in [5, 5.41) is 23.9. The molecule has 4 N–H and O–H groups in total. The molecule has 15 aromatic heterocycles. The van der Waals surface area contributed by atoms with Gasteiger partial charge >= 0.3 is 28.1 Å². The average molecular weight is 2010 g/mol. The quantitative estimate of drug-likeness (QED) is 0.0779. The number of hydrogen-bond acceptors (Lipinski definition) is 28. The summed E-state index contributed by atoms with van der Waals surface area (Å²) >= 11 is 0. The van der Waals surface area contributed by atoms with E-state index in [0.717, 1.165) is 239 Å². The first kappa shape index (κ1) is 96.4.